The van der Waals surface area contributed by atoms with Crippen LogP contribution in [0.5, 0.6) is 5.75 Å². The average Bonchev–Trinajstić information content (AvgIpc) is 2.28. The fourth-order valence-electron chi connectivity index (χ4n) is 1.94. The van der Waals surface area contributed by atoms with Crippen LogP contribution in [-0.4, -0.2) is 41.6 Å². The Balaban J connectivity index is 2.12. The van der Waals surface area contributed by atoms with Crippen molar-refractivity contribution < 1.29 is 9.90 Å². The minimum Gasteiger partial charge on any atom is -0.508 e. The second-order valence-electron chi connectivity index (χ2n) is 4.16. The zero-order valence-corrected chi connectivity index (χ0v) is 9.31. The van der Waals surface area contributed by atoms with Crippen LogP contribution >= 0.6 is 0 Å². The summed E-state index contributed by atoms with van der Waals surface area (Å²) in [6.45, 7) is 4.32. The smallest absolute Gasteiger partial charge is 0.254 e. The topological polar surface area (TPSA) is 52.6 Å². The second-order valence-corrected chi connectivity index (χ2v) is 4.16. The summed E-state index contributed by atoms with van der Waals surface area (Å²) < 4.78 is 0. The number of carbonyl (C=O) groups is 1. The first-order valence-corrected chi connectivity index (χ1v) is 5.48. The molecule has 4 heteroatoms. The number of hydrogen-bond acceptors (Lipinski definition) is 3. The highest BCUT2D eigenvalue weighted by Crippen LogP contribution is 2.14. The van der Waals surface area contributed by atoms with E-state index in [0.717, 1.165) is 13.1 Å². The number of rotatable bonds is 1. The molecule has 0 bridgehead atoms. The molecular formula is C12H16N2O2. The molecule has 1 fully saturated rings. The number of aromatic hydroxyl groups is 1. The largest absolute Gasteiger partial charge is 0.508 e. The van der Waals surface area contributed by atoms with E-state index in [1.807, 2.05) is 4.90 Å². The van der Waals surface area contributed by atoms with Crippen molar-refractivity contribution in [1.29, 1.82) is 0 Å². The maximum Gasteiger partial charge on any atom is 0.254 e. The lowest BCUT2D eigenvalue weighted by Gasteiger charge is -2.31. The predicted molar refractivity (Wildman–Crippen MR) is 61.5 cm³/mol. The molecule has 1 aromatic carbocycles. The summed E-state index contributed by atoms with van der Waals surface area (Å²) in [4.78, 5) is 13.9. The van der Waals surface area contributed by atoms with Crippen LogP contribution in [0.1, 0.15) is 17.3 Å². The molecule has 2 rings (SSSR count). The van der Waals surface area contributed by atoms with E-state index >= 15 is 0 Å². The summed E-state index contributed by atoms with van der Waals surface area (Å²) in [5, 5.41) is 12.6. The summed E-state index contributed by atoms with van der Waals surface area (Å²) in [5.41, 5.74) is 0.550. The van der Waals surface area contributed by atoms with Gasteiger partial charge in [-0.25, -0.2) is 0 Å². The van der Waals surface area contributed by atoms with Gasteiger partial charge < -0.3 is 15.3 Å². The number of hydrogen-bond donors (Lipinski definition) is 2. The first kappa shape index (κ1) is 11.0. The molecule has 16 heavy (non-hydrogen) atoms. The van der Waals surface area contributed by atoms with Gasteiger partial charge in [0.05, 0.1) is 0 Å². The zero-order valence-electron chi connectivity index (χ0n) is 9.31. The third-order valence-corrected chi connectivity index (χ3v) is 2.75. The predicted octanol–water partition coefficient (Wildman–Crippen LogP) is 0.826. The Bertz CT molecular complexity index is 392. The van der Waals surface area contributed by atoms with Crippen molar-refractivity contribution in [2.75, 3.05) is 19.6 Å². The molecule has 1 aliphatic rings. The lowest BCUT2D eigenvalue weighted by atomic mass is 10.1. The van der Waals surface area contributed by atoms with Crippen molar-refractivity contribution in [2.24, 2.45) is 0 Å². The lowest BCUT2D eigenvalue weighted by molar-refractivity contribution is 0.0708. The van der Waals surface area contributed by atoms with Crippen LogP contribution in [0.3, 0.4) is 0 Å². The summed E-state index contributed by atoms with van der Waals surface area (Å²) in [6.07, 6.45) is 0. The standard InChI is InChI=1S/C12H16N2O2/c1-9-8-14(6-5-13-9)12(16)10-3-2-4-11(15)7-10/h2-4,7,9,13,15H,5-6,8H2,1H3/t9-/m0/s1. The average molecular weight is 220 g/mol. The molecule has 0 unspecified atom stereocenters. The van der Waals surface area contributed by atoms with Crippen molar-refractivity contribution in [3.05, 3.63) is 29.8 Å². The molecular weight excluding hydrogens is 204 g/mol. The summed E-state index contributed by atoms with van der Waals surface area (Å²) >= 11 is 0. The highest BCUT2D eigenvalue weighted by atomic mass is 16.3. The lowest BCUT2D eigenvalue weighted by Crippen LogP contribution is -2.51. The molecule has 1 atom stereocenters. The minimum absolute atomic E-state index is 0.00995. The molecule has 1 aromatic rings. The molecule has 1 saturated heterocycles. The van der Waals surface area contributed by atoms with Gasteiger partial charge in [-0.15, -0.1) is 0 Å². The highest BCUT2D eigenvalue weighted by Gasteiger charge is 2.21. The van der Waals surface area contributed by atoms with E-state index in [0.29, 0.717) is 18.2 Å². The van der Waals surface area contributed by atoms with E-state index < -0.39 is 0 Å². The van der Waals surface area contributed by atoms with Crippen LogP contribution in [0.2, 0.25) is 0 Å². The molecule has 0 saturated carbocycles. The number of carbonyl (C=O) groups excluding carboxylic acids is 1. The Labute approximate surface area is 94.9 Å². The number of phenolic OH excluding ortho intramolecular Hbond substituents is 1. The van der Waals surface area contributed by atoms with E-state index in [1.165, 1.54) is 6.07 Å². The van der Waals surface area contributed by atoms with Crippen molar-refractivity contribution in [2.45, 2.75) is 13.0 Å². The van der Waals surface area contributed by atoms with Gasteiger partial charge in [0.15, 0.2) is 0 Å². The molecule has 86 valence electrons. The van der Waals surface area contributed by atoms with Gasteiger partial charge >= 0.3 is 0 Å². The summed E-state index contributed by atoms with van der Waals surface area (Å²) in [6, 6.07) is 6.82. The first-order chi connectivity index (χ1) is 7.66. The van der Waals surface area contributed by atoms with Gasteiger partial charge in [0.1, 0.15) is 5.75 Å². The molecule has 2 N–H and O–H groups in total. The molecule has 0 spiro atoms. The van der Waals surface area contributed by atoms with Gasteiger partial charge in [-0.3, -0.25) is 4.79 Å². The van der Waals surface area contributed by atoms with Crippen LogP contribution in [0, 0.1) is 0 Å². The summed E-state index contributed by atoms with van der Waals surface area (Å²) in [7, 11) is 0. The van der Waals surface area contributed by atoms with Crippen LogP contribution in [0.25, 0.3) is 0 Å². The van der Waals surface area contributed by atoms with Gasteiger partial charge in [-0.05, 0) is 25.1 Å². The number of nitrogens with one attached hydrogen (secondary N) is 1. The maximum absolute atomic E-state index is 12.1. The van der Waals surface area contributed by atoms with Crippen LogP contribution < -0.4 is 5.32 Å². The van der Waals surface area contributed by atoms with Gasteiger partial charge in [-0.2, -0.15) is 0 Å². The molecule has 1 aliphatic heterocycles. The Hall–Kier alpha value is -1.55. The van der Waals surface area contributed by atoms with Gasteiger partial charge in [-0.1, -0.05) is 6.07 Å². The fraction of sp³-hybridized carbons (Fsp3) is 0.417. The Morgan fingerprint density at radius 1 is 1.56 bits per heavy atom. The Morgan fingerprint density at radius 3 is 3.06 bits per heavy atom. The number of nitrogens with zero attached hydrogens (tertiary/aromatic N) is 1. The van der Waals surface area contributed by atoms with Crippen molar-refractivity contribution in [3.63, 3.8) is 0 Å². The minimum atomic E-state index is -0.00995. The molecule has 0 radical (unpaired) electrons. The second kappa shape index (κ2) is 4.53. The van der Waals surface area contributed by atoms with Crippen molar-refractivity contribution in [1.82, 2.24) is 10.2 Å². The van der Waals surface area contributed by atoms with E-state index in [2.05, 4.69) is 12.2 Å². The highest BCUT2D eigenvalue weighted by molar-refractivity contribution is 5.94. The third-order valence-electron chi connectivity index (χ3n) is 2.75. The number of amides is 1. The molecule has 1 heterocycles. The van der Waals surface area contributed by atoms with Crippen molar-refractivity contribution >= 4 is 5.91 Å². The molecule has 0 aliphatic carbocycles. The third kappa shape index (κ3) is 2.33. The van der Waals surface area contributed by atoms with Gasteiger partial charge in [0.2, 0.25) is 0 Å². The maximum atomic E-state index is 12.1. The van der Waals surface area contributed by atoms with Crippen LogP contribution in [-0.2, 0) is 0 Å². The van der Waals surface area contributed by atoms with Crippen molar-refractivity contribution in [3.8, 4) is 5.75 Å². The quantitative estimate of drug-likeness (QED) is 0.737. The Kier molecular flexibility index (Phi) is 3.10. The monoisotopic (exact) mass is 220 g/mol. The first-order valence-electron chi connectivity index (χ1n) is 5.48. The summed E-state index contributed by atoms with van der Waals surface area (Å²) in [5.74, 6) is 0.123. The van der Waals surface area contributed by atoms with Crippen LogP contribution in [0.4, 0.5) is 0 Å². The molecule has 4 nitrogen and oxygen atoms in total. The Morgan fingerprint density at radius 2 is 2.38 bits per heavy atom. The fourth-order valence-corrected chi connectivity index (χ4v) is 1.94. The zero-order chi connectivity index (χ0) is 11.5. The van der Waals surface area contributed by atoms with E-state index in [-0.39, 0.29) is 11.7 Å². The van der Waals surface area contributed by atoms with Gasteiger partial charge in [0.25, 0.3) is 5.91 Å². The van der Waals surface area contributed by atoms with E-state index in [9.17, 15) is 9.90 Å². The number of phenols is 1. The number of benzene rings is 1. The molecule has 1 amide bonds. The number of piperazine rings is 1. The van der Waals surface area contributed by atoms with Crippen LogP contribution in [0.15, 0.2) is 24.3 Å². The van der Waals surface area contributed by atoms with E-state index in [1.54, 1.807) is 18.2 Å². The van der Waals surface area contributed by atoms with Gasteiger partial charge in [0, 0.05) is 31.2 Å². The van der Waals surface area contributed by atoms with E-state index in [4.69, 9.17) is 0 Å². The molecule has 0 aromatic heterocycles. The SMILES string of the molecule is C[C@H]1CN(C(=O)c2cccc(O)c2)CCN1. The normalized spacial score (nSPS) is 20.8.